The van der Waals surface area contributed by atoms with Crippen molar-refractivity contribution in [3.63, 3.8) is 0 Å². The van der Waals surface area contributed by atoms with Gasteiger partial charge in [0.2, 0.25) is 0 Å². The van der Waals surface area contributed by atoms with Crippen LogP contribution in [0.25, 0.3) is 11.0 Å². The molecule has 60 valence electrons. The van der Waals surface area contributed by atoms with Crippen LogP contribution in [-0.2, 0) is 7.05 Å². The standard InChI is InChI=1S/C9H11BN2/c1-6-5-12(2)9-8(6)7(10)3-4-11-9/h3-5H,10H2,1-2H3. The van der Waals surface area contributed by atoms with Gasteiger partial charge in [-0.25, -0.2) is 4.98 Å². The molecule has 2 heterocycles. The summed E-state index contributed by atoms with van der Waals surface area (Å²) >= 11 is 0. The van der Waals surface area contributed by atoms with E-state index in [-0.39, 0.29) is 0 Å². The van der Waals surface area contributed by atoms with Gasteiger partial charge in [-0.15, -0.1) is 0 Å². The second kappa shape index (κ2) is 2.37. The van der Waals surface area contributed by atoms with Crippen LogP contribution < -0.4 is 5.46 Å². The Balaban J connectivity index is 2.99. The summed E-state index contributed by atoms with van der Waals surface area (Å²) in [6.07, 6.45) is 3.97. The molecule has 0 aromatic carbocycles. The average molecular weight is 158 g/mol. The minimum absolute atomic E-state index is 1.08. The molecule has 0 aliphatic carbocycles. The predicted octanol–water partition coefficient (Wildman–Crippen LogP) is 0.140. The summed E-state index contributed by atoms with van der Waals surface area (Å²) in [6, 6.07) is 2.05. The number of pyridine rings is 1. The molecule has 0 bridgehead atoms. The molecule has 0 amide bonds. The molecular weight excluding hydrogens is 147 g/mol. The van der Waals surface area contributed by atoms with Crippen molar-refractivity contribution in [1.29, 1.82) is 0 Å². The Morgan fingerprint density at radius 1 is 1.50 bits per heavy atom. The molecule has 2 rings (SSSR count). The molecule has 0 aliphatic heterocycles. The highest BCUT2D eigenvalue weighted by molar-refractivity contribution is 6.38. The van der Waals surface area contributed by atoms with Gasteiger partial charge in [0.1, 0.15) is 13.5 Å². The fourth-order valence-electron chi connectivity index (χ4n) is 1.71. The molecule has 0 saturated carbocycles. The van der Waals surface area contributed by atoms with Gasteiger partial charge in [-0.1, -0.05) is 5.46 Å². The van der Waals surface area contributed by atoms with Crippen LogP contribution in [0.2, 0.25) is 0 Å². The summed E-state index contributed by atoms with van der Waals surface area (Å²) in [4.78, 5) is 4.33. The van der Waals surface area contributed by atoms with Crippen molar-refractivity contribution in [2.45, 2.75) is 6.92 Å². The lowest BCUT2D eigenvalue weighted by Gasteiger charge is -1.97. The smallest absolute Gasteiger partial charge is 0.140 e. The van der Waals surface area contributed by atoms with E-state index in [1.165, 1.54) is 16.4 Å². The molecule has 2 aromatic rings. The molecule has 12 heavy (non-hydrogen) atoms. The van der Waals surface area contributed by atoms with Gasteiger partial charge in [-0.3, -0.25) is 0 Å². The van der Waals surface area contributed by atoms with Crippen molar-refractivity contribution in [3.8, 4) is 0 Å². The van der Waals surface area contributed by atoms with Crippen LogP contribution in [0.5, 0.6) is 0 Å². The zero-order chi connectivity index (χ0) is 8.72. The van der Waals surface area contributed by atoms with E-state index in [1.54, 1.807) is 0 Å². The second-order valence-electron chi connectivity index (χ2n) is 3.25. The molecule has 0 aliphatic rings. The lowest BCUT2D eigenvalue weighted by atomic mass is 9.93. The van der Waals surface area contributed by atoms with Gasteiger partial charge in [0.25, 0.3) is 0 Å². The number of aryl methyl sites for hydroxylation is 2. The summed E-state index contributed by atoms with van der Waals surface area (Å²) in [5.74, 6) is 0. The maximum Gasteiger partial charge on any atom is 0.140 e. The number of hydrogen-bond acceptors (Lipinski definition) is 1. The third-order valence-corrected chi connectivity index (χ3v) is 2.26. The van der Waals surface area contributed by atoms with E-state index in [0.29, 0.717) is 0 Å². The molecule has 0 fully saturated rings. The molecule has 0 atom stereocenters. The highest BCUT2D eigenvalue weighted by Crippen LogP contribution is 2.14. The van der Waals surface area contributed by atoms with Crippen molar-refractivity contribution < 1.29 is 0 Å². The highest BCUT2D eigenvalue weighted by Gasteiger charge is 2.04. The normalized spacial score (nSPS) is 10.8. The van der Waals surface area contributed by atoms with Gasteiger partial charge < -0.3 is 4.57 Å². The Morgan fingerprint density at radius 3 is 2.92 bits per heavy atom. The first kappa shape index (κ1) is 7.41. The van der Waals surface area contributed by atoms with Crippen LogP contribution in [0.4, 0.5) is 0 Å². The quantitative estimate of drug-likeness (QED) is 0.498. The molecular formula is C9H11BN2. The number of rotatable bonds is 0. The van der Waals surface area contributed by atoms with E-state index in [4.69, 9.17) is 0 Å². The highest BCUT2D eigenvalue weighted by atomic mass is 15.0. The van der Waals surface area contributed by atoms with E-state index < -0.39 is 0 Å². The summed E-state index contributed by atoms with van der Waals surface area (Å²) < 4.78 is 2.07. The van der Waals surface area contributed by atoms with Crippen molar-refractivity contribution >= 4 is 24.3 Å². The molecule has 3 heteroatoms. The Kier molecular flexibility index (Phi) is 1.46. The van der Waals surface area contributed by atoms with E-state index in [2.05, 4.69) is 36.6 Å². The summed E-state index contributed by atoms with van der Waals surface area (Å²) in [6.45, 7) is 2.12. The first-order chi connectivity index (χ1) is 5.70. The van der Waals surface area contributed by atoms with E-state index in [9.17, 15) is 0 Å². The van der Waals surface area contributed by atoms with Gasteiger partial charge in [0, 0.05) is 24.8 Å². The zero-order valence-corrected chi connectivity index (χ0v) is 7.63. The maximum atomic E-state index is 4.33. The second-order valence-corrected chi connectivity index (χ2v) is 3.25. The minimum Gasteiger partial charge on any atom is -0.335 e. The molecule has 2 aromatic heterocycles. The third-order valence-electron chi connectivity index (χ3n) is 2.26. The zero-order valence-electron chi connectivity index (χ0n) is 7.63. The number of aromatic nitrogens is 2. The van der Waals surface area contributed by atoms with E-state index in [1.807, 2.05) is 13.2 Å². The molecule has 0 radical (unpaired) electrons. The summed E-state index contributed by atoms with van der Waals surface area (Å²) in [7, 11) is 4.15. The largest absolute Gasteiger partial charge is 0.335 e. The van der Waals surface area contributed by atoms with E-state index >= 15 is 0 Å². The number of hydrogen-bond donors (Lipinski definition) is 0. The van der Waals surface area contributed by atoms with Gasteiger partial charge in [0.05, 0.1) is 0 Å². The van der Waals surface area contributed by atoms with Gasteiger partial charge in [-0.05, 0) is 18.6 Å². The van der Waals surface area contributed by atoms with Crippen molar-refractivity contribution in [1.82, 2.24) is 9.55 Å². The van der Waals surface area contributed by atoms with Gasteiger partial charge in [0.15, 0.2) is 0 Å². The van der Waals surface area contributed by atoms with Gasteiger partial charge >= 0.3 is 0 Å². The van der Waals surface area contributed by atoms with Crippen LogP contribution in [0.3, 0.4) is 0 Å². The Morgan fingerprint density at radius 2 is 2.25 bits per heavy atom. The van der Waals surface area contributed by atoms with Crippen LogP contribution >= 0.6 is 0 Å². The first-order valence-electron chi connectivity index (χ1n) is 4.07. The monoisotopic (exact) mass is 158 g/mol. The third kappa shape index (κ3) is 0.859. The molecule has 0 unspecified atom stereocenters. The fraction of sp³-hybridized carbons (Fsp3) is 0.222. The topological polar surface area (TPSA) is 17.8 Å². The maximum absolute atomic E-state index is 4.33. The van der Waals surface area contributed by atoms with Crippen molar-refractivity contribution in [2.75, 3.05) is 0 Å². The first-order valence-corrected chi connectivity index (χ1v) is 4.07. The SMILES string of the molecule is Bc1ccnc2c1c(C)cn2C. The van der Waals surface area contributed by atoms with Gasteiger partial charge in [-0.2, -0.15) is 0 Å². The molecule has 0 saturated heterocycles. The fourth-order valence-corrected chi connectivity index (χ4v) is 1.71. The van der Waals surface area contributed by atoms with Crippen LogP contribution in [0, 0.1) is 6.92 Å². The Hall–Kier alpha value is -1.25. The Labute approximate surface area is 72.6 Å². The lowest BCUT2D eigenvalue weighted by Crippen LogP contribution is -2.04. The van der Waals surface area contributed by atoms with Crippen LogP contribution in [0.15, 0.2) is 18.5 Å². The summed E-state index contributed by atoms with van der Waals surface area (Å²) in [5.41, 5.74) is 3.68. The van der Waals surface area contributed by atoms with Crippen molar-refractivity contribution in [3.05, 3.63) is 24.0 Å². The Bertz CT molecular complexity index is 431. The van der Waals surface area contributed by atoms with Crippen molar-refractivity contribution in [2.24, 2.45) is 7.05 Å². The molecule has 0 N–H and O–H groups in total. The summed E-state index contributed by atoms with van der Waals surface area (Å²) in [5, 5.41) is 1.29. The molecule has 2 nitrogen and oxygen atoms in total. The van der Waals surface area contributed by atoms with Crippen LogP contribution in [-0.4, -0.2) is 17.4 Å². The lowest BCUT2D eigenvalue weighted by molar-refractivity contribution is 0.944. The number of fused-ring (bicyclic) bond motifs is 1. The number of nitrogens with zero attached hydrogens (tertiary/aromatic N) is 2. The average Bonchev–Trinajstić information content (AvgIpc) is 2.29. The minimum atomic E-state index is 1.08. The molecule has 0 spiro atoms. The predicted molar refractivity (Wildman–Crippen MR) is 53.6 cm³/mol. The van der Waals surface area contributed by atoms with E-state index in [0.717, 1.165) is 5.65 Å². The van der Waals surface area contributed by atoms with Crippen LogP contribution in [0.1, 0.15) is 5.56 Å².